The van der Waals surface area contributed by atoms with Gasteiger partial charge in [0.25, 0.3) is 5.88 Å². The lowest BCUT2D eigenvalue weighted by atomic mass is 9.58. The van der Waals surface area contributed by atoms with Gasteiger partial charge in [-0.15, -0.1) is 0 Å². The Bertz CT molecular complexity index is 2100. The van der Waals surface area contributed by atoms with Crippen molar-refractivity contribution >= 4 is 43.7 Å². The van der Waals surface area contributed by atoms with Crippen molar-refractivity contribution in [2.75, 3.05) is 51.2 Å². The van der Waals surface area contributed by atoms with Gasteiger partial charge >= 0.3 is 12.2 Å². The molecule has 0 fully saturated rings. The Kier molecular flexibility index (Phi) is 14.0. The Labute approximate surface area is 374 Å². The highest BCUT2D eigenvalue weighted by Crippen LogP contribution is 2.60. The Morgan fingerprint density at radius 1 is 0.857 bits per heavy atom. The molecule has 3 aliphatic carbocycles. The zero-order chi connectivity index (χ0) is 47.4. The first kappa shape index (κ1) is 49.5. The van der Waals surface area contributed by atoms with Crippen LogP contribution in [0.25, 0.3) is 0 Å². The number of hydrogen-bond donors (Lipinski definition) is 1. The second-order valence-corrected chi connectivity index (χ2v) is 25.7. The maximum atomic E-state index is 15.8. The fourth-order valence-corrected chi connectivity index (χ4v) is 9.75. The number of Topliss-reactive ketones (excluding diaryl/α,β-unsaturated/α-hetero) is 2. The number of fused-ring (bicyclic) bond motifs is 4. The van der Waals surface area contributed by atoms with Crippen molar-refractivity contribution in [1.29, 1.82) is 0 Å². The predicted molar refractivity (Wildman–Crippen MR) is 242 cm³/mol. The van der Waals surface area contributed by atoms with E-state index < -0.39 is 77.5 Å². The molecule has 17 heteroatoms. The van der Waals surface area contributed by atoms with Crippen molar-refractivity contribution in [2.45, 2.75) is 156 Å². The SMILES string of the molecule is CCCCOc1noc2c1C(=O)[C@@]1(O[Si](C)(C)C(C)(C)C)C(O)=C3C(=O)c4c(c(N(C)C)nc(N(C(=O)OC(C)(C)C)C(=O)OC(C)(C)C)c4OCCCC)C[C@H]3C[C@H]1[C@@H]2N(C)C. The molecule has 3 aliphatic rings. The molecule has 350 valence electrons. The van der Waals surface area contributed by atoms with Crippen LogP contribution < -0.4 is 19.3 Å². The molecule has 5 rings (SSSR count). The molecule has 0 unspecified atom stereocenters. The number of carbonyl (C=O) groups is 4. The second-order valence-electron chi connectivity index (χ2n) is 20.9. The highest BCUT2D eigenvalue weighted by Gasteiger charge is 2.67. The number of unbranched alkanes of at least 4 members (excludes halogenated alkanes) is 2. The third-order valence-electron chi connectivity index (χ3n) is 12.2. The standard InChI is InChI=1S/C46H71N5O11Si/c1-18-20-22-57-35-30-27(38(50(14)15)47-39(35)51(41(55)59-43(3,4)5)42(56)60-44(6,7)8)24-26-25-28-32(49(12)13)34-31(40(48-61-34)58-23-21-19-2)37(54)46(28,36(53)29(26)33(30)52)62-63(16,17)45(9,10)11/h26,28,32,53H,18-25H2,1-17H3/t26-,28-,32-,46-/m0/s1. The number of aromatic nitrogens is 2. The highest BCUT2D eigenvalue weighted by molar-refractivity contribution is 6.74. The first-order valence-corrected chi connectivity index (χ1v) is 25.1. The summed E-state index contributed by atoms with van der Waals surface area (Å²) in [7, 11) is 4.24. The lowest BCUT2D eigenvalue weighted by molar-refractivity contribution is -0.0480. The molecule has 63 heavy (non-hydrogen) atoms. The quantitative estimate of drug-likeness (QED) is 0.148. The number of anilines is 2. The van der Waals surface area contributed by atoms with Crippen LogP contribution in [0.3, 0.4) is 0 Å². The molecule has 0 spiro atoms. The van der Waals surface area contributed by atoms with Crippen LogP contribution >= 0.6 is 0 Å². The van der Waals surface area contributed by atoms with Crippen LogP contribution in [-0.2, 0) is 20.3 Å². The minimum atomic E-state index is -2.99. The zero-order valence-electron chi connectivity index (χ0n) is 40.7. The monoisotopic (exact) mass is 897 g/mol. The third-order valence-corrected chi connectivity index (χ3v) is 16.6. The van der Waals surface area contributed by atoms with Crippen LogP contribution in [0.5, 0.6) is 11.6 Å². The van der Waals surface area contributed by atoms with Gasteiger partial charge in [0.15, 0.2) is 37.0 Å². The molecule has 4 atom stereocenters. The molecule has 16 nitrogen and oxygen atoms in total. The predicted octanol–water partition coefficient (Wildman–Crippen LogP) is 9.62. The first-order chi connectivity index (χ1) is 29.0. The molecule has 0 saturated heterocycles. The average molecular weight is 898 g/mol. The number of amides is 2. The molecule has 0 radical (unpaired) electrons. The summed E-state index contributed by atoms with van der Waals surface area (Å²) in [6, 6.07) is -0.628. The number of allylic oxidation sites excluding steroid dienone is 1. The van der Waals surface area contributed by atoms with E-state index in [2.05, 4.69) is 5.16 Å². The van der Waals surface area contributed by atoms with Crippen molar-refractivity contribution in [3.05, 3.63) is 33.8 Å². The second kappa shape index (κ2) is 17.8. The van der Waals surface area contributed by atoms with Crippen LogP contribution in [0.1, 0.15) is 146 Å². The largest absolute Gasteiger partial charge is 0.508 e. The fraction of sp³-hybridized carbons (Fsp3) is 0.696. The number of nitrogens with zero attached hydrogens (tertiary/aromatic N) is 5. The van der Waals surface area contributed by atoms with E-state index in [9.17, 15) is 14.7 Å². The van der Waals surface area contributed by atoms with Crippen LogP contribution in [0.2, 0.25) is 18.1 Å². The number of carbonyl (C=O) groups excluding carboxylic acids is 4. The molecule has 0 saturated carbocycles. The van der Waals surface area contributed by atoms with Gasteiger partial charge < -0.3 is 37.9 Å². The van der Waals surface area contributed by atoms with Gasteiger partial charge in [-0.3, -0.25) is 14.5 Å². The van der Waals surface area contributed by atoms with Crippen molar-refractivity contribution in [2.24, 2.45) is 11.8 Å². The minimum Gasteiger partial charge on any atom is -0.508 e. The summed E-state index contributed by atoms with van der Waals surface area (Å²) in [6.07, 6.45) is 1.05. The van der Waals surface area contributed by atoms with Crippen LogP contribution in [0.15, 0.2) is 15.9 Å². The highest BCUT2D eigenvalue weighted by atomic mass is 28.4. The lowest BCUT2D eigenvalue weighted by Gasteiger charge is -2.55. The van der Waals surface area contributed by atoms with Crippen molar-refractivity contribution < 1.29 is 52.2 Å². The van der Waals surface area contributed by atoms with Gasteiger partial charge in [0, 0.05) is 31.1 Å². The smallest absolute Gasteiger partial charge is 0.425 e. The summed E-state index contributed by atoms with van der Waals surface area (Å²) >= 11 is 0. The van der Waals surface area contributed by atoms with E-state index in [1.807, 2.05) is 66.7 Å². The summed E-state index contributed by atoms with van der Waals surface area (Å²) < 4.78 is 37.4. The summed E-state index contributed by atoms with van der Waals surface area (Å²) in [5.74, 6) is -2.96. The van der Waals surface area contributed by atoms with Crippen molar-refractivity contribution in [3.8, 4) is 11.6 Å². The maximum absolute atomic E-state index is 15.8. The van der Waals surface area contributed by atoms with Crippen LogP contribution in [0.4, 0.5) is 21.2 Å². The number of aliphatic hydroxyl groups is 1. The van der Waals surface area contributed by atoms with Gasteiger partial charge in [0.1, 0.15) is 28.3 Å². The summed E-state index contributed by atoms with van der Waals surface area (Å²) in [5.41, 5.74) is -3.60. The number of hydrogen-bond acceptors (Lipinski definition) is 15. The molecule has 0 bridgehead atoms. The molecular formula is C46H71N5O11Si. The molecule has 2 aromatic rings. The number of ketones is 2. The molecular weight excluding hydrogens is 827 g/mol. The first-order valence-electron chi connectivity index (χ1n) is 22.2. The molecule has 1 N–H and O–H groups in total. The van der Waals surface area contributed by atoms with E-state index in [4.69, 9.17) is 32.9 Å². The molecule has 2 heterocycles. The van der Waals surface area contributed by atoms with Gasteiger partial charge in [-0.05, 0) is 111 Å². The van der Waals surface area contributed by atoms with Gasteiger partial charge in [-0.25, -0.2) is 14.6 Å². The molecule has 0 aromatic carbocycles. The van der Waals surface area contributed by atoms with E-state index in [-0.39, 0.29) is 66.0 Å². The zero-order valence-corrected chi connectivity index (χ0v) is 41.7. The number of imide groups is 1. The van der Waals surface area contributed by atoms with Gasteiger partial charge in [-0.2, -0.15) is 4.90 Å². The van der Waals surface area contributed by atoms with Gasteiger partial charge in [0.05, 0.1) is 24.8 Å². The molecule has 2 amide bonds. The lowest BCUT2D eigenvalue weighted by Crippen LogP contribution is -2.65. The van der Waals surface area contributed by atoms with E-state index in [1.165, 1.54) is 0 Å². The summed E-state index contributed by atoms with van der Waals surface area (Å²) in [6.45, 7) is 24.5. The normalized spacial score (nSPS) is 21.3. The van der Waals surface area contributed by atoms with Crippen LogP contribution in [0, 0.1) is 11.8 Å². The topological polar surface area (TPSA) is 183 Å². The van der Waals surface area contributed by atoms with E-state index in [0.717, 1.165) is 12.8 Å². The fourth-order valence-electron chi connectivity index (χ4n) is 8.30. The van der Waals surface area contributed by atoms with E-state index >= 15 is 9.59 Å². The Balaban J connectivity index is 1.88. The van der Waals surface area contributed by atoms with Crippen molar-refractivity contribution in [3.63, 3.8) is 0 Å². The van der Waals surface area contributed by atoms with Crippen LogP contribution in [-0.4, -0.2) is 110 Å². The number of aliphatic hydroxyl groups excluding tert-OH is 1. The summed E-state index contributed by atoms with van der Waals surface area (Å²) in [5, 5.41) is 17.0. The maximum Gasteiger partial charge on any atom is 0.425 e. The molecule has 2 aromatic heterocycles. The molecule has 0 aliphatic heterocycles. The number of pyridine rings is 1. The van der Waals surface area contributed by atoms with E-state index in [0.29, 0.717) is 29.1 Å². The van der Waals surface area contributed by atoms with Crippen molar-refractivity contribution in [1.82, 2.24) is 15.0 Å². The Morgan fingerprint density at radius 2 is 1.41 bits per heavy atom. The average Bonchev–Trinajstić information content (AvgIpc) is 3.54. The number of rotatable bonds is 13. The third kappa shape index (κ3) is 9.37. The number of ether oxygens (including phenoxy) is 4. The Hall–Kier alpha value is -4.48. The minimum absolute atomic E-state index is 0.00248. The van der Waals surface area contributed by atoms with Gasteiger partial charge in [0.2, 0.25) is 5.78 Å². The summed E-state index contributed by atoms with van der Waals surface area (Å²) in [4.78, 5) is 69.0. The Morgan fingerprint density at radius 3 is 1.90 bits per heavy atom. The van der Waals surface area contributed by atoms with E-state index in [1.54, 1.807) is 60.5 Å². The van der Waals surface area contributed by atoms with Gasteiger partial charge in [-0.1, -0.05) is 47.5 Å².